The highest BCUT2D eigenvalue weighted by Gasteiger charge is 2.24. The molecule has 2 N–H and O–H groups in total. The van der Waals surface area contributed by atoms with Crippen LogP contribution in [-0.4, -0.2) is 36.3 Å². The molecule has 0 saturated carbocycles. The zero-order valence-electron chi connectivity index (χ0n) is 17.0. The lowest BCUT2D eigenvalue weighted by Crippen LogP contribution is -2.36. The Balaban J connectivity index is 1.45. The van der Waals surface area contributed by atoms with E-state index in [1.54, 1.807) is 24.3 Å². The number of nitrogens with one attached hydrogen (secondary N) is 2. The first kappa shape index (κ1) is 21.6. The average Bonchev–Trinajstić information content (AvgIpc) is 3.51. The number of halogens is 1. The Morgan fingerprint density at radius 1 is 1.00 bits per heavy atom. The van der Waals surface area contributed by atoms with Crippen molar-refractivity contribution in [3.63, 3.8) is 0 Å². The highest BCUT2D eigenvalue weighted by Crippen LogP contribution is 2.26. The first-order valence-electron chi connectivity index (χ1n) is 10.3. The number of benzene rings is 2. The Morgan fingerprint density at radius 2 is 1.77 bits per heavy atom. The molecule has 160 valence electrons. The van der Waals surface area contributed by atoms with Gasteiger partial charge in [-0.1, -0.05) is 48.0 Å². The van der Waals surface area contributed by atoms with Crippen molar-refractivity contribution in [2.75, 3.05) is 25.0 Å². The zero-order valence-corrected chi connectivity index (χ0v) is 18.6. The van der Waals surface area contributed by atoms with E-state index >= 15 is 0 Å². The quantitative estimate of drug-likeness (QED) is 0.515. The molecule has 2 amide bonds. The van der Waals surface area contributed by atoms with Gasteiger partial charge in [0.25, 0.3) is 11.8 Å². The van der Waals surface area contributed by atoms with Crippen LogP contribution in [-0.2, 0) is 0 Å². The van der Waals surface area contributed by atoms with Gasteiger partial charge in [0.1, 0.15) is 0 Å². The summed E-state index contributed by atoms with van der Waals surface area (Å²) in [7, 11) is 0. The fourth-order valence-electron chi connectivity index (χ4n) is 3.83. The maximum Gasteiger partial charge on any atom is 0.265 e. The maximum atomic E-state index is 12.9. The summed E-state index contributed by atoms with van der Waals surface area (Å²) in [6.07, 6.45) is 2.36. The number of carbonyl (C=O) groups excluding carboxylic acids is 2. The second kappa shape index (κ2) is 10.1. The smallest absolute Gasteiger partial charge is 0.265 e. The summed E-state index contributed by atoms with van der Waals surface area (Å²) in [5.41, 5.74) is 2.08. The van der Waals surface area contributed by atoms with E-state index in [2.05, 4.69) is 27.7 Å². The highest BCUT2D eigenvalue weighted by atomic mass is 35.5. The fourth-order valence-corrected chi connectivity index (χ4v) is 4.62. The molecule has 2 aromatic carbocycles. The van der Waals surface area contributed by atoms with Crippen molar-refractivity contribution in [1.82, 2.24) is 10.2 Å². The van der Waals surface area contributed by atoms with E-state index in [-0.39, 0.29) is 17.9 Å². The van der Waals surface area contributed by atoms with Crippen LogP contribution in [0.25, 0.3) is 0 Å². The van der Waals surface area contributed by atoms with Crippen molar-refractivity contribution in [2.45, 2.75) is 18.9 Å². The van der Waals surface area contributed by atoms with Gasteiger partial charge in [-0.3, -0.25) is 14.5 Å². The molecular formula is C24H24ClN3O2S. The van der Waals surface area contributed by atoms with E-state index in [1.807, 2.05) is 29.6 Å². The third kappa shape index (κ3) is 5.34. The van der Waals surface area contributed by atoms with Gasteiger partial charge in [0, 0.05) is 12.1 Å². The number of likely N-dealkylation sites (tertiary alicyclic amines) is 1. The lowest BCUT2D eigenvalue weighted by molar-refractivity contribution is 0.0936. The molecule has 0 aliphatic carbocycles. The predicted molar refractivity (Wildman–Crippen MR) is 126 cm³/mol. The van der Waals surface area contributed by atoms with Gasteiger partial charge >= 0.3 is 0 Å². The Labute approximate surface area is 191 Å². The van der Waals surface area contributed by atoms with E-state index in [1.165, 1.54) is 29.7 Å². The minimum Gasteiger partial charge on any atom is -0.350 e. The Bertz CT molecular complexity index is 1030. The van der Waals surface area contributed by atoms with Crippen LogP contribution < -0.4 is 10.6 Å². The SMILES string of the molecule is O=C(NCC(c1ccccc1)N1CCCC1)c1ccc(Cl)c(NC(=O)c2cccs2)c1. The van der Waals surface area contributed by atoms with Gasteiger partial charge < -0.3 is 10.6 Å². The summed E-state index contributed by atoms with van der Waals surface area (Å²) in [4.78, 5) is 28.3. The summed E-state index contributed by atoms with van der Waals surface area (Å²) in [5.74, 6) is -0.434. The molecule has 0 spiro atoms. The molecule has 0 bridgehead atoms. The molecule has 7 heteroatoms. The van der Waals surface area contributed by atoms with Crippen molar-refractivity contribution < 1.29 is 9.59 Å². The second-order valence-corrected chi connectivity index (χ2v) is 8.86. The van der Waals surface area contributed by atoms with Gasteiger partial charge in [-0.2, -0.15) is 0 Å². The molecule has 3 aromatic rings. The average molecular weight is 454 g/mol. The van der Waals surface area contributed by atoms with Gasteiger partial charge in [-0.15, -0.1) is 11.3 Å². The fraction of sp³-hybridized carbons (Fsp3) is 0.250. The summed E-state index contributed by atoms with van der Waals surface area (Å²) < 4.78 is 0. The zero-order chi connectivity index (χ0) is 21.6. The molecular weight excluding hydrogens is 430 g/mol. The molecule has 1 fully saturated rings. The molecule has 1 aliphatic heterocycles. The van der Waals surface area contributed by atoms with E-state index < -0.39 is 0 Å². The second-order valence-electron chi connectivity index (χ2n) is 7.51. The van der Waals surface area contributed by atoms with Gasteiger partial charge in [0.05, 0.1) is 21.6 Å². The number of carbonyl (C=O) groups is 2. The number of nitrogens with zero attached hydrogens (tertiary/aromatic N) is 1. The van der Waals surface area contributed by atoms with Crippen LogP contribution in [0.3, 0.4) is 0 Å². The first-order valence-corrected chi connectivity index (χ1v) is 11.6. The Kier molecular flexibility index (Phi) is 7.02. The molecule has 1 aliphatic rings. The topological polar surface area (TPSA) is 61.4 Å². The minimum absolute atomic E-state index is 0.137. The van der Waals surface area contributed by atoms with Crippen molar-refractivity contribution in [3.8, 4) is 0 Å². The number of rotatable bonds is 7. The number of anilines is 1. The molecule has 2 heterocycles. The number of hydrogen-bond acceptors (Lipinski definition) is 4. The van der Waals surface area contributed by atoms with Crippen LogP contribution in [0, 0.1) is 0 Å². The largest absolute Gasteiger partial charge is 0.350 e. The summed E-state index contributed by atoms with van der Waals surface area (Å²) in [5, 5.41) is 8.09. The molecule has 1 atom stereocenters. The first-order chi connectivity index (χ1) is 15.1. The van der Waals surface area contributed by atoms with Crippen LogP contribution >= 0.6 is 22.9 Å². The normalized spacial score (nSPS) is 14.9. The van der Waals surface area contributed by atoms with Crippen LogP contribution in [0.5, 0.6) is 0 Å². The van der Waals surface area contributed by atoms with Crippen LogP contribution in [0.4, 0.5) is 5.69 Å². The van der Waals surface area contributed by atoms with E-state index in [4.69, 9.17) is 11.6 Å². The highest BCUT2D eigenvalue weighted by molar-refractivity contribution is 7.12. The van der Waals surface area contributed by atoms with Crippen LogP contribution in [0.15, 0.2) is 66.0 Å². The molecule has 1 aromatic heterocycles. The van der Waals surface area contributed by atoms with E-state index in [9.17, 15) is 9.59 Å². The maximum absolute atomic E-state index is 12.9. The van der Waals surface area contributed by atoms with Crippen molar-refractivity contribution in [3.05, 3.63) is 87.1 Å². The Hall–Kier alpha value is -2.67. The molecule has 5 nitrogen and oxygen atoms in total. The summed E-state index contributed by atoms with van der Waals surface area (Å²) in [6, 6.07) is 18.9. The lowest BCUT2D eigenvalue weighted by atomic mass is 10.1. The van der Waals surface area contributed by atoms with Gasteiger partial charge in [-0.05, 0) is 61.1 Å². The van der Waals surface area contributed by atoms with Crippen molar-refractivity contribution >= 4 is 40.4 Å². The third-order valence-electron chi connectivity index (χ3n) is 5.44. The van der Waals surface area contributed by atoms with Gasteiger partial charge in [0.2, 0.25) is 0 Å². The number of hydrogen-bond donors (Lipinski definition) is 2. The van der Waals surface area contributed by atoms with Crippen LogP contribution in [0.2, 0.25) is 5.02 Å². The molecule has 4 rings (SSSR count). The van der Waals surface area contributed by atoms with E-state index in [0.29, 0.717) is 27.7 Å². The lowest BCUT2D eigenvalue weighted by Gasteiger charge is -2.28. The van der Waals surface area contributed by atoms with Crippen LogP contribution in [0.1, 0.15) is 44.5 Å². The standard InChI is InChI=1S/C24H24ClN3O2S/c25-19-11-10-18(15-20(19)27-24(30)22-9-6-14-31-22)23(29)26-16-21(28-12-4-5-13-28)17-7-2-1-3-8-17/h1-3,6-11,14-15,21H,4-5,12-13,16H2,(H,26,29)(H,27,30). The molecule has 31 heavy (non-hydrogen) atoms. The van der Waals surface area contributed by atoms with Gasteiger partial charge in [-0.25, -0.2) is 0 Å². The predicted octanol–water partition coefficient (Wildman–Crippen LogP) is 5.22. The Morgan fingerprint density at radius 3 is 2.48 bits per heavy atom. The van der Waals surface area contributed by atoms with Gasteiger partial charge in [0.15, 0.2) is 0 Å². The monoisotopic (exact) mass is 453 g/mol. The number of amides is 2. The summed E-state index contributed by atoms with van der Waals surface area (Å²) in [6.45, 7) is 2.59. The van der Waals surface area contributed by atoms with Crippen molar-refractivity contribution in [2.24, 2.45) is 0 Å². The third-order valence-corrected chi connectivity index (χ3v) is 6.64. The number of thiophene rings is 1. The van der Waals surface area contributed by atoms with E-state index in [0.717, 1.165) is 13.1 Å². The summed E-state index contributed by atoms with van der Waals surface area (Å²) >= 11 is 7.60. The molecule has 1 unspecified atom stereocenters. The van der Waals surface area contributed by atoms with Crippen molar-refractivity contribution in [1.29, 1.82) is 0 Å². The molecule has 0 radical (unpaired) electrons. The minimum atomic E-state index is -0.243. The molecule has 1 saturated heterocycles.